The summed E-state index contributed by atoms with van der Waals surface area (Å²) in [5, 5.41) is 14.6. The maximum atomic E-state index is 12.4. The fraction of sp³-hybridized carbons (Fsp3) is 0.273. The number of carbonyl (C=O) groups excluding carboxylic acids is 2. The molecule has 1 heterocycles. The predicted molar refractivity (Wildman–Crippen MR) is 119 cm³/mol. The summed E-state index contributed by atoms with van der Waals surface area (Å²) < 4.78 is 1.87. The topological polar surface area (TPSA) is 88.9 Å². The minimum Gasteiger partial charge on any atom is -0.349 e. The molecule has 0 bridgehead atoms. The predicted octanol–water partition coefficient (Wildman–Crippen LogP) is 3.89. The highest BCUT2D eigenvalue weighted by Crippen LogP contribution is 2.21. The van der Waals surface area contributed by atoms with Crippen molar-refractivity contribution >= 4 is 29.3 Å². The van der Waals surface area contributed by atoms with Crippen LogP contribution < -0.4 is 10.6 Å². The highest BCUT2D eigenvalue weighted by atomic mass is 32.2. The molecule has 2 aromatic carbocycles. The highest BCUT2D eigenvalue weighted by molar-refractivity contribution is 7.99. The molecule has 3 aromatic rings. The molecule has 0 aliphatic carbocycles. The number of nitrogens with one attached hydrogen (secondary N) is 2. The molecule has 1 atom stereocenters. The summed E-state index contributed by atoms with van der Waals surface area (Å²) >= 11 is 1.34. The maximum Gasteiger partial charge on any atom is 0.230 e. The highest BCUT2D eigenvalue weighted by Gasteiger charge is 2.13. The van der Waals surface area contributed by atoms with Gasteiger partial charge in [-0.05, 0) is 43.7 Å². The molecule has 156 valence electrons. The minimum absolute atomic E-state index is 0.0281. The van der Waals surface area contributed by atoms with Crippen molar-refractivity contribution in [2.75, 3.05) is 11.1 Å². The van der Waals surface area contributed by atoms with E-state index in [1.165, 1.54) is 17.3 Å². The number of amides is 2. The summed E-state index contributed by atoms with van der Waals surface area (Å²) in [7, 11) is 0. The lowest BCUT2D eigenvalue weighted by molar-refractivity contribution is -0.119. The Morgan fingerprint density at radius 3 is 2.43 bits per heavy atom. The van der Waals surface area contributed by atoms with Crippen molar-refractivity contribution in [3.05, 3.63) is 66.0 Å². The molecule has 0 aliphatic heterocycles. The van der Waals surface area contributed by atoms with Crippen LogP contribution in [0.5, 0.6) is 0 Å². The number of rotatable bonds is 8. The Hall–Kier alpha value is -3.13. The zero-order valence-electron chi connectivity index (χ0n) is 17.3. The first-order valence-corrected chi connectivity index (χ1v) is 10.7. The molecular weight excluding hydrogens is 398 g/mol. The molecule has 1 aromatic heterocycles. The first-order chi connectivity index (χ1) is 14.5. The van der Waals surface area contributed by atoms with E-state index in [1.54, 1.807) is 6.33 Å². The molecule has 3 rings (SSSR count). The van der Waals surface area contributed by atoms with Crippen LogP contribution >= 0.6 is 11.8 Å². The number of thioether (sulfide) groups is 1. The van der Waals surface area contributed by atoms with Gasteiger partial charge in [0.15, 0.2) is 5.16 Å². The number of hydrogen-bond acceptors (Lipinski definition) is 5. The number of anilines is 1. The lowest BCUT2D eigenvalue weighted by Gasteiger charge is -2.15. The van der Waals surface area contributed by atoms with Gasteiger partial charge in [0, 0.05) is 17.8 Å². The van der Waals surface area contributed by atoms with E-state index in [9.17, 15) is 9.59 Å². The van der Waals surface area contributed by atoms with Crippen LogP contribution in [-0.2, 0) is 9.59 Å². The summed E-state index contributed by atoms with van der Waals surface area (Å²) in [6, 6.07) is 15.4. The van der Waals surface area contributed by atoms with Crippen molar-refractivity contribution in [1.82, 2.24) is 20.1 Å². The molecule has 2 amide bonds. The number of aryl methyl sites for hydroxylation is 1. The SMILES string of the molecule is CCC(=O)Nc1ccc(C(C)NC(=O)CSc2nncn2-c2ccc(C)cc2)cc1. The van der Waals surface area contributed by atoms with Gasteiger partial charge in [-0.15, -0.1) is 10.2 Å². The summed E-state index contributed by atoms with van der Waals surface area (Å²) in [4.78, 5) is 23.9. The van der Waals surface area contributed by atoms with Crippen molar-refractivity contribution in [2.45, 2.75) is 38.4 Å². The van der Waals surface area contributed by atoms with Gasteiger partial charge in [-0.1, -0.05) is 48.5 Å². The van der Waals surface area contributed by atoms with Gasteiger partial charge in [0.1, 0.15) is 6.33 Å². The Balaban J connectivity index is 1.54. The van der Waals surface area contributed by atoms with Crippen LogP contribution in [0.3, 0.4) is 0 Å². The van der Waals surface area contributed by atoms with Crippen molar-refractivity contribution in [2.24, 2.45) is 0 Å². The zero-order valence-corrected chi connectivity index (χ0v) is 18.1. The molecule has 0 spiro atoms. The van der Waals surface area contributed by atoms with Crippen LogP contribution in [0.25, 0.3) is 5.69 Å². The molecule has 1 unspecified atom stereocenters. The van der Waals surface area contributed by atoms with Gasteiger partial charge in [0.05, 0.1) is 11.8 Å². The molecule has 0 aliphatic rings. The standard InChI is InChI=1S/C22H25N5O2S/c1-4-20(28)25-18-9-7-17(8-10-18)16(3)24-21(29)13-30-22-26-23-14-27(22)19-11-5-15(2)6-12-19/h5-12,14,16H,4,13H2,1-3H3,(H,24,29)(H,25,28). The van der Waals surface area contributed by atoms with Crippen LogP contribution in [0.15, 0.2) is 60.0 Å². The van der Waals surface area contributed by atoms with Gasteiger partial charge < -0.3 is 10.6 Å². The van der Waals surface area contributed by atoms with E-state index in [2.05, 4.69) is 20.8 Å². The Morgan fingerprint density at radius 2 is 1.77 bits per heavy atom. The summed E-state index contributed by atoms with van der Waals surface area (Å²) in [5.74, 6) is 0.119. The average Bonchev–Trinajstić information content (AvgIpc) is 3.22. The van der Waals surface area contributed by atoms with Crippen molar-refractivity contribution in [3.8, 4) is 5.69 Å². The molecule has 7 nitrogen and oxygen atoms in total. The third-order valence-corrected chi connectivity index (χ3v) is 5.50. The van der Waals surface area contributed by atoms with Crippen molar-refractivity contribution in [1.29, 1.82) is 0 Å². The van der Waals surface area contributed by atoms with E-state index < -0.39 is 0 Å². The number of benzene rings is 2. The van der Waals surface area contributed by atoms with Crippen LogP contribution in [0.4, 0.5) is 5.69 Å². The second-order valence-corrected chi connectivity index (χ2v) is 7.86. The van der Waals surface area contributed by atoms with E-state index in [4.69, 9.17) is 0 Å². The molecule has 0 saturated carbocycles. The normalized spacial score (nSPS) is 11.7. The molecular formula is C22H25N5O2S. The lowest BCUT2D eigenvalue weighted by atomic mass is 10.1. The first kappa shape index (κ1) is 21.6. The Morgan fingerprint density at radius 1 is 1.07 bits per heavy atom. The van der Waals surface area contributed by atoms with Gasteiger partial charge in [-0.25, -0.2) is 0 Å². The van der Waals surface area contributed by atoms with Crippen molar-refractivity contribution < 1.29 is 9.59 Å². The van der Waals surface area contributed by atoms with Gasteiger partial charge >= 0.3 is 0 Å². The summed E-state index contributed by atoms with van der Waals surface area (Å²) in [6.45, 7) is 5.77. The number of carbonyl (C=O) groups is 2. The second-order valence-electron chi connectivity index (χ2n) is 6.92. The fourth-order valence-electron chi connectivity index (χ4n) is 2.81. The van der Waals surface area contributed by atoms with E-state index in [-0.39, 0.29) is 23.6 Å². The van der Waals surface area contributed by atoms with Gasteiger partial charge in [-0.2, -0.15) is 0 Å². The van der Waals surface area contributed by atoms with E-state index in [1.807, 2.05) is 73.9 Å². The van der Waals surface area contributed by atoms with Crippen molar-refractivity contribution in [3.63, 3.8) is 0 Å². The number of nitrogens with zero attached hydrogens (tertiary/aromatic N) is 3. The number of hydrogen-bond donors (Lipinski definition) is 2. The zero-order chi connectivity index (χ0) is 21.5. The Bertz CT molecular complexity index is 999. The maximum absolute atomic E-state index is 12.4. The molecule has 0 saturated heterocycles. The van der Waals surface area contributed by atoms with Gasteiger partial charge in [0.25, 0.3) is 0 Å². The lowest BCUT2D eigenvalue weighted by Crippen LogP contribution is -2.28. The molecule has 0 radical (unpaired) electrons. The summed E-state index contributed by atoms with van der Waals surface area (Å²) in [6.07, 6.45) is 2.08. The molecule has 8 heteroatoms. The van der Waals surface area contributed by atoms with Crippen LogP contribution in [-0.4, -0.2) is 32.3 Å². The third-order valence-electron chi connectivity index (χ3n) is 4.55. The molecule has 0 fully saturated rings. The monoisotopic (exact) mass is 423 g/mol. The van der Waals surface area contributed by atoms with Crippen LogP contribution in [0.2, 0.25) is 0 Å². The molecule has 2 N–H and O–H groups in total. The number of aromatic nitrogens is 3. The van der Waals surface area contributed by atoms with Crippen LogP contribution in [0, 0.1) is 6.92 Å². The van der Waals surface area contributed by atoms with Gasteiger partial charge in [-0.3, -0.25) is 14.2 Å². The van der Waals surface area contributed by atoms with Crippen LogP contribution in [0.1, 0.15) is 37.4 Å². The first-order valence-electron chi connectivity index (χ1n) is 9.75. The van der Waals surface area contributed by atoms with E-state index in [0.29, 0.717) is 11.6 Å². The van der Waals surface area contributed by atoms with E-state index >= 15 is 0 Å². The Labute approximate surface area is 180 Å². The summed E-state index contributed by atoms with van der Waals surface area (Å²) in [5.41, 5.74) is 3.84. The largest absolute Gasteiger partial charge is 0.349 e. The quantitative estimate of drug-likeness (QED) is 0.537. The van der Waals surface area contributed by atoms with E-state index in [0.717, 1.165) is 16.9 Å². The average molecular weight is 424 g/mol. The minimum atomic E-state index is -0.149. The smallest absolute Gasteiger partial charge is 0.230 e. The second kappa shape index (κ2) is 10.1. The van der Waals surface area contributed by atoms with Gasteiger partial charge in [0.2, 0.25) is 11.8 Å². The fourth-order valence-corrected chi connectivity index (χ4v) is 3.55. The Kier molecular flexibility index (Phi) is 7.24. The third kappa shape index (κ3) is 5.70. The molecule has 30 heavy (non-hydrogen) atoms.